The minimum atomic E-state index is -1.08. The molecule has 23 nitrogen and oxygen atoms in total. The number of Topliss-reactive ketones (excluding diaryl/α,β-unsaturated/α-hetero) is 2. The monoisotopic (exact) mass is 1540 g/mol. The molecule has 0 fully saturated rings. The van der Waals surface area contributed by atoms with Crippen molar-refractivity contribution in [1.82, 2.24) is 29.9 Å². The number of ketones is 2. The Morgan fingerprint density at radius 3 is 1.60 bits per heavy atom. The molecule has 0 aliphatic carbocycles. The minimum absolute atomic E-state index is 0. The summed E-state index contributed by atoms with van der Waals surface area (Å²) in [7, 11) is 4.98. The number of aromatic hydroxyl groups is 1. The number of hydrogen-bond donors (Lipinski definition) is 3. The molecule has 6 aromatic rings. The zero-order valence-electron chi connectivity index (χ0n) is 45.9. The first-order valence-corrected chi connectivity index (χ1v) is 23.3. The smallest absolute Gasteiger partial charge is 1.00 e. The van der Waals surface area contributed by atoms with Gasteiger partial charge < -0.3 is 51.6 Å². The third kappa shape index (κ3) is 34.2. The average molecular weight is 1540 g/mol. The molecule has 3 aromatic carbocycles. The summed E-state index contributed by atoms with van der Waals surface area (Å²) >= 11 is 19.7. The molecule has 1 aliphatic heterocycles. The van der Waals surface area contributed by atoms with E-state index in [-0.39, 0.29) is 234 Å². The third-order valence-corrected chi connectivity index (χ3v) is 9.48. The largest absolute Gasteiger partial charge is 1.00 e. The second-order valence-corrected chi connectivity index (χ2v) is 15.6. The van der Waals surface area contributed by atoms with Gasteiger partial charge in [0.1, 0.15) is 41.5 Å². The molecule has 7 rings (SSSR count). The number of alkyl halides is 1. The van der Waals surface area contributed by atoms with Crippen molar-refractivity contribution in [1.29, 1.82) is 0 Å². The number of likely N-dealkylation sites (N-methyl/N-ethyl adjacent to an activating group) is 1. The van der Waals surface area contributed by atoms with Crippen molar-refractivity contribution in [3.8, 4) is 17.2 Å². The Balaban J connectivity index is -0.000000306. The summed E-state index contributed by atoms with van der Waals surface area (Å²) in [6.07, 6.45) is 4.00. The number of carboxylic acid groups (broad SMARTS) is 1. The van der Waals surface area contributed by atoms with Crippen LogP contribution in [0.1, 0.15) is 54.5 Å². The number of aliphatic carboxylic acids is 1. The molecule has 1 aliphatic rings. The van der Waals surface area contributed by atoms with Gasteiger partial charge in [0.2, 0.25) is 21.6 Å². The van der Waals surface area contributed by atoms with Crippen molar-refractivity contribution >= 4 is 113 Å². The number of benzene rings is 3. The molecule has 83 heavy (non-hydrogen) atoms. The van der Waals surface area contributed by atoms with E-state index in [0.717, 1.165) is 51.1 Å². The number of aromatic nitrogens is 6. The van der Waals surface area contributed by atoms with Crippen LogP contribution in [0.5, 0.6) is 17.2 Å². The number of carbonyl (C=O) groups excluding carboxylic acids is 6. The van der Waals surface area contributed by atoms with Crippen LogP contribution in [0.4, 0.5) is 43.8 Å². The molecule has 1 atom stereocenters. The van der Waals surface area contributed by atoms with Gasteiger partial charge in [-0.15, -0.1) is 0 Å². The maximum atomic E-state index is 13.9. The van der Waals surface area contributed by atoms with E-state index in [1.165, 1.54) is 30.7 Å². The van der Waals surface area contributed by atoms with Gasteiger partial charge in [0.25, 0.3) is 6.47 Å². The zero-order chi connectivity index (χ0) is 59.9. The minimum Gasteiger partial charge on any atom is -1.00 e. The molecule has 0 saturated carbocycles. The van der Waals surface area contributed by atoms with E-state index >= 15 is 0 Å². The van der Waals surface area contributed by atoms with E-state index in [1.54, 1.807) is 26.0 Å². The number of fused-ring (bicyclic) bond motifs is 1. The maximum absolute atomic E-state index is 13.9. The van der Waals surface area contributed by atoms with E-state index in [4.69, 9.17) is 69.3 Å². The van der Waals surface area contributed by atoms with Crippen molar-refractivity contribution in [2.45, 2.75) is 26.8 Å². The van der Waals surface area contributed by atoms with Gasteiger partial charge in [-0.25, -0.2) is 60.7 Å². The summed E-state index contributed by atoms with van der Waals surface area (Å²) < 4.78 is 89.0. The molecule has 0 saturated heterocycles. The standard InChI is InChI=1S/C13H10ClF2N3O2.C13H10ClF2N3O.C8H5BrF2O.C5H6ClN3O.C4H6O4.C2H4O2.CH2O3.B.2Cs.Na.H/c1-17-12-11(5-18-13(14)19-12)21-6-10(20)8-3-2-7(15)4-9(8)16;1-19-10(8-3-2-7(15)4-9(8)16)6-20-11-5-17-13(14)18-12(11)19;9-4-8(12)6-2-1-5(10)3-7(6)11;1-7-4-3(10)2-8-5(6)9-4;1-3(5)7-8-4(2)6;1-2(3)4;2-1-4-3;;;;;/h2-5H,6H2,1H3,(H,17,18,19);2-5,10H,6H2,1H3;1-3H,4H2;2,10H,1H3,(H,7,8,9);1-2H3;1H3,(H,3,4);1,3H;;;;;/q;;;;;;;;3*+1;-1/p-2. The number of ether oxygens (including phenoxy) is 2. The Morgan fingerprint density at radius 1 is 0.759 bits per heavy atom. The summed E-state index contributed by atoms with van der Waals surface area (Å²) in [5.74, 6) is -6.05. The third-order valence-electron chi connectivity index (χ3n) is 8.42. The van der Waals surface area contributed by atoms with Gasteiger partial charge in [-0.1, -0.05) is 22.0 Å². The molecule has 1 unspecified atom stereocenters. The predicted octanol–water partition coefficient (Wildman–Crippen LogP) is -2.93. The van der Waals surface area contributed by atoms with Crippen molar-refractivity contribution < 1.29 is 263 Å². The Hall–Kier alpha value is -3.02. The molecule has 0 amide bonds. The van der Waals surface area contributed by atoms with Gasteiger partial charge in [0, 0.05) is 73.1 Å². The number of nitrogens with zero attached hydrogens (tertiary/aromatic N) is 7. The van der Waals surface area contributed by atoms with Gasteiger partial charge >= 0.3 is 179 Å². The molecule has 3 aromatic heterocycles. The number of anilines is 3. The maximum Gasteiger partial charge on any atom is 1.00 e. The number of halogens is 10. The number of hydrogen-bond acceptors (Lipinski definition) is 23. The summed E-state index contributed by atoms with van der Waals surface area (Å²) in [6, 6.07) is 8.65. The van der Waals surface area contributed by atoms with Crippen molar-refractivity contribution in [3.05, 3.63) is 141 Å². The first-order valence-electron chi connectivity index (χ1n) is 21.1. The Labute approximate surface area is 635 Å². The van der Waals surface area contributed by atoms with E-state index in [2.05, 4.69) is 71.1 Å². The molecule has 0 bridgehead atoms. The molecule has 37 heteroatoms. The van der Waals surface area contributed by atoms with Gasteiger partial charge in [0.15, 0.2) is 47.1 Å². The molecular weight excluding hydrogens is 1500 g/mol. The second kappa shape index (κ2) is 47.1. The number of rotatable bonds is 10. The van der Waals surface area contributed by atoms with Gasteiger partial charge in [0.05, 0.1) is 41.1 Å². The Bertz CT molecular complexity index is 3040. The van der Waals surface area contributed by atoms with Crippen molar-refractivity contribution in [2.24, 2.45) is 0 Å². The van der Waals surface area contributed by atoms with Crippen molar-refractivity contribution in [3.63, 3.8) is 0 Å². The summed E-state index contributed by atoms with van der Waals surface area (Å²) in [5.41, 5.74) is -0.000140. The molecular formula is C46H42BBrCl3Cs2F6N9NaO14. The second-order valence-electron chi connectivity index (χ2n) is 14.0. The molecule has 0 spiro atoms. The molecule has 3 radical (unpaired) electrons. The van der Waals surface area contributed by atoms with Crippen LogP contribution in [0.15, 0.2) is 73.2 Å². The number of carboxylic acids is 1. The summed E-state index contributed by atoms with van der Waals surface area (Å²) in [6.45, 7) is 2.85. The fraction of sp³-hybridized carbons (Fsp3) is 0.217. The van der Waals surface area contributed by atoms with Gasteiger partial charge in [-0.3, -0.25) is 14.4 Å². The van der Waals surface area contributed by atoms with Crippen LogP contribution in [0.3, 0.4) is 0 Å². The molecule has 4 heterocycles. The van der Waals surface area contributed by atoms with Crippen LogP contribution in [-0.4, -0.2) is 119 Å². The summed E-state index contributed by atoms with van der Waals surface area (Å²) in [5, 5.41) is 31.9. The fourth-order valence-corrected chi connectivity index (χ4v) is 5.90. The first-order chi connectivity index (χ1) is 37.2. The van der Waals surface area contributed by atoms with E-state index < -0.39 is 77.0 Å². The van der Waals surface area contributed by atoms with Crippen LogP contribution < -0.4 is 203 Å². The fourth-order valence-electron chi connectivity index (χ4n) is 5.21. The SMILES string of the molecule is CC(=O)OOC(C)=O.CC(=O)[O-].CN1c2nc(Cl)ncc2OCC1c1ccc(F)cc1F.CNc1nc(Cl)ncc1O.CNc1nc(Cl)ncc1OCC(=O)c1ccc(F)cc1F.O=C(CBr)c1ccc(F)cc1F.O=CO[O-].[B].[Cs+].[Cs+].[H-].[Na+]. The summed E-state index contributed by atoms with van der Waals surface area (Å²) in [4.78, 5) is 94.7. The van der Waals surface area contributed by atoms with Gasteiger partial charge in [-0.2, -0.15) is 15.0 Å². The molecule has 3 N–H and O–H groups in total. The quantitative estimate of drug-likeness (QED) is 0.0181. The van der Waals surface area contributed by atoms with Gasteiger partial charge in [-0.05, 0) is 72.1 Å². The molecule has 431 valence electrons. The Morgan fingerprint density at radius 2 is 1.18 bits per heavy atom. The number of carbonyl (C=O) groups is 6. The first kappa shape index (κ1) is 86.4. The zero-order valence-corrected chi connectivity index (χ0v) is 63.4. The van der Waals surface area contributed by atoms with E-state index in [1.807, 2.05) is 0 Å². The average Bonchev–Trinajstić information content (AvgIpc) is 3.41. The van der Waals surface area contributed by atoms with Crippen LogP contribution in [-0.2, 0) is 33.8 Å². The predicted molar refractivity (Wildman–Crippen MR) is 274 cm³/mol. The van der Waals surface area contributed by atoms with Crippen LogP contribution in [0.2, 0.25) is 15.9 Å². The van der Waals surface area contributed by atoms with Crippen LogP contribution in [0.25, 0.3) is 0 Å². The van der Waals surface area contributed by atoms with E-state index in [9.17, 15) is 45.5 Å². The number of nitrogens with one attached hydrogen (secondary N) is 2. The van der Waals surface area contributed by atoms with Crippen molar-refractivity contribution in [2.75, 3.05) is 55.2 Å². The topological polar surface area (TPSA) is 320 Å². The normalized spacial score (nSPS) is 10.7. The van der Waals surface area contributed by atoms with E-state index in [0.29, 0.717) is 40.9 Å². The van der Waals surface area contributed by atoms with Crippen LogP contribution >= 0.6 is 50.7 Å². The van der Waals surface area contributed by atoms with Crippen LogP contribution in [0, 0.1) is 34.9 Å². The Kier molecular flexibility index (Phi) is 49.0.